The van der Waals surface area contributed by atoms with Crippen LogP contribution in [0.1, 0.15) is 16.8 Å². The number of hydrogen-bond acceptors (Lipinski definition) is 2. The Balaban J connectivity index is 2.11. The van der Waals surface area contributed by atoms with Crippen LogP contribution in [-0.4, -0.2) is 35.1 Å². The molecule has 1 aromatic rings. The number of urea groups is 1. The minimum atomic E-state index is -1.05. The molecule has 0 bridgehead atoms. The summed E-state index contributed by atoms with van der Waals surface area (Å²) in [6, 6.07) is 6.10. The lowest BCUT2D eigenvalue weighted by Crippen LogP contribution is -2.37. The van der Waals surface area contributed by atoms with E-state index in [0.717, 1.165) is 6.42 Å². The second kappa shape index (κ2) is 5.35. The highest BCUT2D eigenvalue weighted by Gasteiger charge is 2.16. The van der Waals surface area contributed by atoms with Gasteiger partial charge in [-0.1, -0.05) is 24.3 Å². The van der Waals surface area contributed by atoms with Gasteiger partial charge in [0.1, 0.15) is 0 Å². The average molecular weight is 246 g/mol. The van der Waals surface area contributed by atoms with E-state index in [1.54, 1.807) is 23.1 Å². The third-order valence-corrected chi connectivity index (χ3v) is 2.74. The molecule has 2 N–H and O–H groups in total. The van der Waals surface area contributed by atoms with Gasteiger partial charge in [-0.2, -0.15) is 0 Å². The van der Waals surface area contributed by atoms with Crippen LogP contribution in [0.15, 0.2) is 36.4 Å². The SMILES string of the molecule is O=C(O)c1ccccc1NC(=O)N1CC=CCC1. The van der Waals surface area contributed by atoms with Gasteiger partial charge in [-0.15, -0.1) is 0 Å². The first-order valence-electron chi connectivity index (χ1n) is 5.72. The first-order valence-corrected chi connectivity index (χ1v) is 5.72. The average Bonchev–Trinajstić information content (AvgIpc) is 2.40. The van der Waals surface area contributed by atoms with Gasteiger partial charge in [0.15, 0.2) is 0 Å². The summed E-state index contributed by atoms with van der Waals surface area (Å²) in [5.74, 6) is -1.05. The summed E-state index contributed by atoms with van der Waals surface area (Å²) in [4.78, 5) is 24.6. The summed E-state index contributed by atoms with van der Waals surface area (Å²) in [7, 11) is 0. The fraction of sp³-hybridized carbons (Fsp3) is 0.231. The quantitative estimate of drug-likeness (QED) is 0.786. The molecular weight excluding hydrogens is 232 g/mol. The van der Waals surface area contributed by atoms with Crippen LogP contribution in [0, 0.1) is 0 Å². The van der Waals surface area contributed by atoms with Crippen molar-refractivity contribution in [1.29, 1.82) is 0 Å². The smallest absolute Gasteiger partial charge is 0.337 e. The fourth-order valence-corrected chi connectivity index (χ4v) is 1.80. The van der Waals surface area contributed by atoms with Crippen LogP contribution in [0.3, 0.4) is 0 Å². The van der Waals surface area contributed by atoms with Gasteiger partial charge in [-0.3, -0.25) is 0 Å². The number of rotatable bonds is 2. The van der Waals surface area contributed by atoms with Crippen molar-refractivity contribution in [3.63, 3.8) is 0 Å². The molecule has 18 heavy (non-hydrogen) atoms. The number of anilines is 1. The van der Waals surface area contributed by atoms with E-state index in [1.165, 1.54) is 6.07 Å². The monoisotopic (exact) mass is 246 g/mol. The Kier molecular flexibility index (Phi) is 3.62. The molecule has 0 aliphatic carbocycles. The number of carbonyl (C=O) groups is 2. The number of carboxylic acid groups (broad SMARTS) is 1. The molecule has 2 rings (SSSR count). The van der Waals surface area contributed by atoms with Crippen LogP contribution in [0.5, 0.6) is 0 Å². The van der Waals surface area contributed by atoms with Crippen molar-refractivity contribution in [3.8, 4) is 0 Å². The highest BCUT2D eigenvalue weighted by atomic mass is 16.4. The van der Waals surface area contributed by atoms with E-state index in [-0.39, 0.29) is 11.6 Å². The molecule has 5 nitrogen and oxygen atoms in total. The number of hydrogen-bond donors (Lipinski definition) is 2. The predicted molar refractivity (Wildman–Crippen MR) is 67.8 cm³/mol. The van der Waals surface area contributed by atoms with Gasteiger partial charge in [0.05, 0.1) is 11.3 Å². The first-order chi connectivity index (χ1) is 8.68. The Morgan fingerprint density at radius 3 is 2.67 bits per heavy atom. The number of amides is 2. The number of carbonyl (C=O) groups excluding carboxylic acids is 1. The number of aromatic carboxylic acids is 1. The van der Waals surface area contributed by atoms with Crippen LogP contribution >= 0.6 is 0 Å². The van der Waals surface area contributed by atoms with Crippen LogP contribution < -0.4 is 5.32 Å². The van der Waals surface area contributed by atoms with Gasteiger partial charge in [-0.05, 0) is 18.6 Å². The molecule has 0 saturated heterocycles. The third-order valence-electron chi connectivity index (χ3n) is 2.74. The largest absolute Gasteiger partial charge is 0.478 e. The molecule has 0 aromatic heterocycles. The van der Waals surface area contributed by atoms with Gasteiger partial charge in [-0.25, -0.2) is 9.59 Å². The number of nitrogens with zero attached hydrogens (tertiary/aromatic N) is 1. The summed E-state index contributed by atoms with van der Waals surface area (Å²) in [6.07, 6.45) is 4.77. The van der Waals surface area contributed by atoms with Crippen molar-refractivity contribution in [3.05, 3.63) is 42.0 Å². The highest BCUT2D eigenvalue weighted by Crippen LogP contribution is 2.16. The Hall–Kier alpha value is -2.30. The molecule has 94 valence electrons. The Bertz CT molecular complexity index is 497. The van der Waals surface area contributed by atoms with E-state index < -0.39 is 5.97 Å². The van der Waals surface area contributed by atoms with Crippen molar-refractivity contribution < 1.29 is 14.7 Å². The third kappa shape index (κ3) is 2.68. The van der Waals surface area contributed by atoms with Crippen molar-refractivity contribution in [2.24, 2.45) is 0 Å². The van der Waals surface area contributed by atoms with Crippen LogP contribution in [0.25, 0.3) is 0 Å². The minimum Gasteiger partial charge on any atom is -0.478 e. The van der Waals surface area contributed by atoms with Gasteiger partial charge in [0, 0.05) is 13.1 Å². The molecule has 1 heterocycles. The zero-order valence-corrected chi connectivity index (χ0v) is 9.80. The van der Waals surface area contributed by atoms with Crippen molar-refractivity contribution in [1.82, 2.24) is 4.90 Å². The molecule has 0 spiro atoms. The number of para-hydroxylation sites is 1. The zero-order chi connectivity index (χ0) is 13.0. The number of benzene rings is 1. The lowest BCUT2D eigenvalue weighted by molar-refractivity contribution is 0.0698. The van der Waals surface area contributed by atoms with Crippen LogP contribution in [-0.2, 0) is 0 Å². The number of carboxylic acids is 1. The van der Waals surface area contributed by atoms with E-state index in [9.17, 15) is 9.59 Å². The molecule has 1 aliphatic rings. The summed E-state index contributed by atoms with van der Waals surface area (Å²) >= 11 is 0. The van der Waals surface area contributed by atoms with E-state index >= 15 is 0 Å². The van der Waals surface area contributed by atoms with Crippen molar-refractivity contribution >= 4 is 17.7 Å². The van der Waals surface area contributed by atoms with E-state index in [1.807, 2.05) is 12.2 Å². The second-order valence-corrected chi connectivity index (χ2v) is 3.99. The molecule has 1 aliphatic heterocycles. The fourth-order valence-electron chi connectivity index (χ4n) is 1.80. The minimum absolute atomic E-state index is 0.0957. The molecule has 0 unspecified atom stereocenters. The first kappa shape index (κ1) is 12.2. The molecule has 0 radical (unpaired) electrons. The van der Waals surface area contributed by atoms with Gasteiger partial charge < -0.3 is 15.3 Å². The van der Waals surface area contributed by atoms with Gasteiger partial charge in [0.2, 0.25) is 0 Å². The predicted octanol–water partition coefficient (Wildman–Crippen LogP) is 2.18. The molecular formula is C13H14N2O3. The topological polar surface area (TPSA) is 69.6 Å². The van der Waals surface area contributed by atoms with Crippen molar-refractivity contribution in [2.45, 2.75) is 6.42 Å². The lowest BCUT2D eigenvalue weighted by Gasteiger charge is -2.24. The van der Waals surface area contributed by atoms with Crippen LogP contribution in [0.4, 0.5) is 10.5 Å². The molecule has 0 saturated carbocycles. The Morgan fingerprint density at radius 1 is 1.22 bits per heavy atom. The molecule has 0 fully saturated rings. The highest BCUT2D eigenvalue weighted by molar-refractivity contribution is 6.00. The summed E-state index contributed by atoms with van der Waals surface area (Å²) < 4.78 is 0. The van der Waals surface area contributed by atoms with E-state index in [4.69, 9.17) is 5.11 Å². The summed E-state index contributed by atoms with van der Waals surface area (Å²) in [5, 5.41) is 11.6. The van der Waals surface area contributed by atoms with Gasteiger partial charge in [0.25, 0.3) is 0 Å². The standard InChI is InChI=1S/C13H14N2O3/c16-12(17)10-6-2-3-7-11(10)14-13(18)15-8-4-1-5-9-15/h1-4,6-7H,5,8-9H2,(H,14,18)(H,16,17). The molecule has 2 amide bonds. The Labute approximate surface area is 105 Å². The van der Waals surface area contributed by atoms with Crippen molar-refractivity contribution in [2.75, 3.05) is 18.4 Å². The lowest BCUT2D eigenvalue weighted by atomic mass is 10.2. The van der Waals surface area contributed by atoms with E-state index in [2.05, 4.69) is 5.32 Å². The maximum atomic E-state index is 11.9. The number of nitrogens with one attached hydrogen (secondary N) is 1. The van der Waals surface area contributed by atoms with E-state index in [0.29, 0.717) is 18.8 Å². The van der Waals surface area contributed by atoms with Gasteiger partial charge >= 0.3 is 12.0 Å². The molecule has 0 atom stereocenters. The van der Waals surface area contributed by atoms with Crippen LogP contribution in [0.2, 0.25) is 0 Å². The molecule has 1 aromatic carbocycles. The summed E-state index contributed by atoms with van der Waals surface area (Å²) in [5.41, 5.74) is 0.419. The maximum absolute atomic E-state index is 11.9. The normalized spacial score (nSPS) is 14.3. The Morgan fingerprint density at radius 2 is 2.00 bits per heavy atom. The molecule has 5 heteroatoms. The maximum Gasteiger partial charge on any atom is 0.337 e. The zero-order valence-electron chi connectivity index (χ0n) is 9.80. The second-order valence-electron chi connectivity index (χ2n) is 3.99. The summed E-state index contributed by atoms with van der Waals surface area (Å²) in [6.45, 7) is 1.21.